The lowest BCUT2D eigenvalue weighted by Gasteiger charge is -2.02. The number of fused-ring (bicyclic) bond motifs is 1. The quantitative estimate of drug-likeness (QED) is 0.501. The van der Waals surface area contributed by atoms with Gasteiger partial charge in [-0.1, -0.05) is 0 Å². The summed E-state index contributed by atoms with van der Waals surface area (Å²) in [6.45, 7) is 0.113. The Morgan fingerprint density at radius 2 is 2.04 bits per heavy atom. The van der Waals surface area contributed by atoms with E-state index < -0.39 is 22.3 Å². The summed E-state index contributed by atoms with van der Waals surface area (Å²) in [4.78, 5) is 21.9. The summed E-state index contributed by atoms with van der Waals surface area (Å²) in [5, 5.41) is 23.9. The number of phenolic OH excluding ortho intramolecular Hbond substituents is 1. The number of hydrogen-bond donors (Lipinski definition) is 2. The van der Waals surface area contributed by atoms with Gasteiger partial charge in [0.2, 0.25) is 6.79 Å². The highest BCUT2D eigenvalue weighted by Gasteiger charge is 2.16. The number of nitrogens with one attached hydrogen (secondary N) is 1. The number of carbonyl (C=O) groups is 1. The van der Waals surface area contributed by atoms with E-state index in [9.17, 15) is 20.0 Å². The minimum atomic E-state index is -0.697. The summed E-state index contributed by atoms with van der Waals surface area (Å²) in [5.74, 6) is 0.102. The molecular formula is C15H11N3O6. The average molecular weight is 329 g/mol. The average Bonchev–Trinajstić information content (AvgIpc) is 3.02. The van der Waals surface area contributed by atoms with Crippen molar-refractivity contribution >= 4 is 17.8 Å². The molecule has 1 amide bonds. The van der Waals surface area contributed by atoms with E-state index in [1.165, 1.54) is 24.4 Å². The Kier molecular flexibility index (Phi) is 3.98. The van der Waals surface area contributed by atoms with Crippen molar-refractivity contribution in [3.8, 4) is 17.2 Å². The molecule has 9 heteroatoms. The summed E-state index contributed by atoms with van der Waals surface area (Å²) in [6.07, 6.45) is 1.26. The predicted molar refractivity (Wildman–Crippen MR) is 82.4 cm³/mol. The Morgan fingerprint density at radius 1 is 1.25 bits per heavy atom. The van der Waals surface area contributed by atoms with Crippen molar-refractivity contribution in [2.45, 2.75) is 0 Å². The van der Waals surface area contributed by atoms with Gasteiger partial charge in [0.1, 0.15) is 0 Å². The first-order valence-corrected chi connectivity index (χ1v) is 6.75. The Morgan fingerprint density at radius 3 is 2.79 bits per heavy atom. The zero-order valence-corrected chi connectivity index (χ0v) is 12.1. The summed E-state index contributed by atoms with van der Waals surface area (Å²) < 4.78 is 10.3. The highest BCUT2D eigenvalue weighted by Crippen LogP contribution is 2.32. The summed E-state index contributed by atoms with van der Waals surface area (Å²) in [5.41, 5.74) is 2.64. The molecular weight excluding hydrogens is 318 g/mol. The molecule has 0 bridgehead atoms. The van der Waals surface area contributed by atoms with Crippen LogP contribution in [0.1, 0.15) is 15.9 Å². The van der Waals surface area contributed by atoms with Crippen LogP contribution >= 0.6 is 0 Å². The van der Waals surface area contributed by atoms with Crippen LogP contribution in [0.15, 0.2) is 41.5 Å². The Balaban J connectivity index is 1.66. The Bertz CT molecular complexity index is 849. The molecule has 0 saturated carbocycles. The first kappa shape index (κ1) is 15.3. The minimum Gasteiger partial charge on any atom is -0.502 e. The molecule has 2 aromatic rings. The van der Waals surface area contributed by atoms with Gasteiger partial charge in [-0.15, -0.1) is 0 Å². The summed E-state index contributed by atoms with van der Waals surface area (Å²) in [6, 6.07) is 8.44. The predicted octanol–water partition coefficient (Wildman–Crippen LogP) is 1.79. The van der Waals surface area contributed by atoms with Crippen molar-refractivity contribution in [2.75, 3.05) is 6.79 Å². The number of carbonyl (C=O) groups excluding carboxylic acids is 1. The van der Waals surface area contributed by atoms with E-state index in [-0.39, 0.29) is 6.79 Å². The molecule has 1 heterocycles. The van der Waals surface area contributed by atoms with Crippen LogP contribution in [0.2, 0.25) is 0 Å². The number of amides is 1. The molecule has 3 rings (SSSR count). The fraction of sp³-hybridized carbons (Fsp3) is 0.0667. The number of hydrazone groups is 1. The van der Waals surface area contributed by atoms with E-state index in [1.807, 2.05) is 0 Å². The molecule has 2 aromatic carbocycles. The molecule has 9 nitrogen and oxygen atoms in total. The van der Waals surface area contributed by atoms with Gasteiger partial charge in [-0.2, -0.15) is 5.10 Å². The van der Waals surface area contributed by atoms with Gasteiger partial charge in [-0.05, 0) is 35.9 Å². The summed E-state index contributed by atoms with van der Waals surface area (Å²) >= 11 is 0. The van der Waals surface area contributed by atoms with Crippen LogP contribution < -0.4 is 14.9 Å². The number of aromatic hydroxyl groups is 1. The van der Waals surface area contributed by atoms with Gasteiger partial charge in [0.25, 0.3) is 5.91 Å². The first-order valence-electron chi connectivity index (χ1n) is 6.75. The number of benzene rings is 2. The molecule has 24 heavy (non-hydrogen) atoms. The van der Waals surface area contributed by atoms with Crippen LogP contribution in [0, 0.1) is 10.1 Å². The summed E-state index contributed by atoms with van der Waals surface area (Å²) in [7, 11) is 0. The highest BCUT2D eigenvalue weighted by molar-refractivity contribution is 5.95. The molecule has 0 spiro atoms. The van der Waals surface area contributed by atoms with Crippen LogP contribution in [0.25, 0.3) is 0 Å². The smallest absolute Gasteiger partial charge is 0.310 e. The molecule has 0 fully saturated rings. The number of nitro benzene ring substituents is 1. The molecule has 0 unspecified atom stereocenters. The number of rotatable bonds is 4. The monoisotopic (exact) mass is 329 g/mol. The van der Waals surface area contributed by atoms with Gasteiger partial charge < -0.3 is 14.6 Å². The molecule has 2 N–H and O–H groups in total. The molecule has 1 aliphatic rings. The maximum Gasteiger partial charge on any atom is 0.310 e. The third-order valence-corrected chi connectivity index (χ3v) is 3.21. The maximum atomic E-state index is 12.0. The van der Waals surface area contributed by atoms with Gasteiger partial charge >= 0.3 is 5.69 Å². The van der Waals surface area contributed by atoms with Crippen LogP contribution in [0.3, 0.4) is 0 Å². The lowest BCUT2D eigenvalue weighted by molar-refractivity contribution is -0.385. The fourth-order valence-corrected chi connectivity index (χ4v) is 2.04. The molecule has 1 aliphatic heterocycles. The molecule has 0 saturated heterocycles. The molecule has 0 aliphatic carbocycles. The van der Waals surface area contributed by atoms with Crippen LogP contribution in [-0.4, -0.2) is 28.9 Å². The van der Waals surface area contributed by atoms with E-state index in [1.54, 1.807) is 12.1 Å². The lowest BCUT2D eigenvalue weighted by atomic mass is 10.2. The Hall–Kier alpha value is -3.62. The van der Waals surface area contributed by atoms with E-state index >= 15 is 0 Å². The SMILES string of the molecule is O=C(N/N=C\c1ccc([N+](=O)[O-])c(O)c1)c1ccc2c(c1)OCO2. The first-order chi connectivity index (χ1) is 11.5. The second kappa shape index (κ2) is 6.24. The third kappa shape index (κ3) is 3.09. The van der Waals surface area contributed by atoms with Crippen molar-refractivity contribution in [1.82, 2.24) is 5.43 Å². The number of phenols is 1. The van der Waals surface area contributed by atoms with Gasteiger partial charge in [-0.25, -0.2) is 5.43 Å². The molecule has 122 valence electrons. The van der Waals surface area contributed by atoms with Crippen LogP contribution in [-0.2, 0) is 0 Å². The zero-order chi connectivity index (χ0) is 17.1. The van der Waals surface area contributed by atoms with E-state index in [0.717, 1.165) is 6.07 Å². The van der Waals surface area contributed by atoms with Crippen LogP contribution in [0.5, 0.6) is 17.2 Å². The number of nitro groups is 1. The Labute approximate surface area is 135 Å². The second-order valence-electron chi connectivity index (χ2n) is 4.77. The van der Waals surface area contributed by atoms with Gasteiger partial charge in [0, 0.05) is 11.6 Å². The maximum absolute atomic E-state index is 12.0. The number of nitrogens with zero attached hydrogens (tertiary/aromatic N) is 2. The van der Waals surface area contributed by atoms with Crippen molar-refractivity contribution in [3.05, 3.63) is 57.6 Å². The van der Waals surface area contributed by atoms with Crippen molar-refractivity contribution in [1.29, 1.82) is 0 Å². The van der Waals surface area contributed by atoms with Gasteiger partial charge in [-0.3, -0.25) is 14.9 Å². The highest BCUT2D eigenvalue weighted by atomic mass is 16.7. The van der Waals surface area contributed by atoms with Crippen molar-refractivity contribution in [3.63, 3.8) is 0 Å². The molecule has 0 aromatic heterocycles. The minimum absolute atomic E-state index is 0.113. The van der Waals surface area contributed by atoms with E-state index in [4.69, 9.17) is 9.47 Å². The number of hydrogen-bond acceptors (Lipinski definition) is 7. The standard InChI is InChI=1S/C15H11N3O6/c19-12-5-9(1-3-11(12)18(21)22)7-16-17-15(20)10-2-4-13-14(6-10)24-8-23-13/h1-7,19H,8H2,(H,17,20)/b16-7-. The van der Waals surface area contributed by atoms with Gasteiger partial charge in [0.15, 0.2) is 17.2 Å². The second-order valence-corrected chi connectivity index (χ2v) is 4.77. The normalized spacial score (nSPS) is 12.3. The van der Waals surface area contributed by atoms with Crippen molar-refractivity contribution < 1.29 is 24.3 Å². The van der Waals surface area contributed by atoms with E-state index in [2.05, 4.69) is 10.5 Å². The molecule has 0 radical (unpaired) electrons. The van der Waals surface area contributed by atoms with Gasteiger partial charge in [0.05, 0.1) is 11.1 Å². The zero-order valence-electron chi connectivity index (χ0n) is 12.1. The third-order valence-electron chi connectivity index (χ3n) is 3.21. The number of ether oxygens (including phenoxy) is 2. The fourth-order valence-electron chi connectivity index (χ4n) is 2.04. The topological polar surface area (TPSA) is 123 Å². The van der Waals surface area contributed by atoms with Crippen molar-refractivity contribution in [2.24, 2.45) is 5.10 Å². The largest absolute Gasteiger partial charge is 0.502 e. The molecule has 0 atom stereocenters. The lowest BCUT2D eigenvalue weighted by Crippen LogP contribution is -2.17. The van der Waals surface area contributed by atoms with E-state index in [0.29, 0.717) is 22.6 Å². The van der Waals surface area contributed by atoms with Crippen LogP contribution in [0.4, 0.5) is 5.69 Å².